The third kappa shape index (κ3) is 4.18. The van der Waals surface area contributed by atoms with Crippen molar-refractivity contribution in [2.45, 2.75) is 12.6 Å². The molecule has 2 aromatic rings. The third-order valence-corrected chi connectivity index (χ3v) is 3.26. The van der Waals surface area contributed by atoms with E-state index in [-0.39, 0.29) is 0 Å². The van der Waals surface area contributed by atoms with Crippen LogP contribution in [0.1, 0.15) is 17.4 Å². The van der Waals surface area contributed by atoms with E-state index >= 15 is 0 Å². The molecule has 0 aliphatic carbocycles. The van der Waals surface area contributed by atoms with Crippen molar-refractivity contribution < 1.29 is 19.1 Å². The molecule has 0 saturated heterocycles. The summed E-state index contributed by atoms with van der Waals surface area (Å²) in [5.74, 6) is -0.837. The predicted octanol–water partition coefficient (Wildman–Crippen LogP) is 1.89. The summed E-state index contributed by atoms with van der Waals surface area (Å²) in [6.45, 7) is 0.905. The molecule has 0 aliphatic rings. The first-order chi connectivity index (χ1) is 10.2. The lowest BCUT2D eigenvalue weighted by Gasteiger charge is -2.19. The molecule has 1 aromatic heterocycles. The second kappa shape index (κ2) is 7.61. The lowest BCUT2D eigenvalue weighted by atomic mass is 10.0. The van der Waals surface area contributed by atoms with Crippen LogP contribution in [0.2, 0.25) is 0 Å². The zero-order valence-electron chi connectivity index (χ0n) is 11.9. The van der Waals surface area contributed by atoms with E-state index in [2.05, 4.69) is 5.32 Å². The molecule has 5 heteroatoms. The molecule has 0 bridgehead atoms. The second-order valence-electron chi connectivity index (χ2n) is 4.71. The molecule has 21 heavy (non-hydrogen) atoms. The molecule has 2 atom stereocenters. The summed E-state index contributed by atoms with van der Waals surface area (Å²) in [7, 11) is 1.31. The van der Waals surface area contributed by atoms with Crippen molar-refractivity contribution in [3.63, 3.8) is 0 Å². The summed E-state index contributed by atoms with van der Waals surface area (Å²) < 4.78 is 9.90. The minimum absolute atomic E-state index is 0.295. The van der Waals surface area contributed by atoms with Gasteiger partial charge < -0.3 is 19.6 Å². The van der Waals surface area contributed by atoms with Gasteiger partial charge >= 0.3 is 5.97 Å². The van der Waals surface area contributed by atoms with Crippen molar-refractivity contribution >= 4 is 5.97 Å². The van der Waals surface area contributed by atoms with E-state index in [0.717, 1.165) is 5.56 Å². The van der Waals surface area contributed by atoms with Crippen molar-refractivity contribution in [1.29, 1.82) is 0 Å². The van der Waals surface area contributed by atoms with Gasteiger partial charge in [0.05, 0.1) is 13.4 Å². The van der Waals surface area contributed by atoms with Crippen LogP contribution in [0, 0.1) is 5.92 Å². The van der Waals surface area contributed by atoms with Crippen molar-refractivity contribution in [3.05, 3.63) is 60.1 Å². The average Bonchev–Trinajstić information content (AvgIpc) is 3.06. The number of carbonyl (C=O) groups excluding carboxylic acids is 1. The number of carbonyl (C=O) groups is 1. The first kappa shape index (κ1) is 15.3. The zero-order valence-corrected chi connectivity index (χ0v) is 11.9. The molecular formula is C16H19NO4. The highest BCUT2D eigenvalue weighted by Gasteiger charge is 2.30. The molecule has 5 nitrogen and oxygen atoms in total. The lowest BCUT2D eigenvalue weighted by Crippen LogP contribution is -2.33. The van der Waals surface area contributed by atoms with Gasteiger partial charge in [0, 0.05) is 13.1 Å². The smallest absolute Gasteiger partial charge is 0.313 e. The summed E-state index contributed by atoms with van der Waals surface area (Å²) in [6.07, 6.45) is 0.431. The first-order valence-corrected chi connectivity index (χ1v) is 6.76. The van der Waals surface area contributed by atoms with Crippen LogP contribution in [0.3, 0.4) is 0 Å². The third-order valence-electron chi connectivity index (χ3n) is 3.26. The molecule has 112 valence electrons. The number of hydrogen-bond donors (Lipinski definition) is 2. The maximum absolute atomic E-state index is 11.8. The van der Waals surface area contributed by atoms with E-state index in [4.69, 9.17) is 9.15 Å². The summed E-state index contributed by atoms with van der Waals surface area (Å²) in [4.78, 5) is 11.8. The molecule has 0 amide bonds. The molecule has 0 radical (unpaired) electrons. The number of aliphatic hydroxyl groups is 1. The van der Waals surface area contributed by atoms with Gasteiger partial charge in [0.2, 0.25) is 0 Å². The van der Waals surface area contributed by atoms with E-state index < -0.39 is 18.0 Å². The van der Waals surface area contributed by atoms with Gasteiger partial charge in [-0.25, -0.2) is 0 Å². The quantitative estimate of drug-likeness (QED) is 0.762. The van der Waals surface area contributed by atoms with Gasteiger partial charge in [-0.2, -0.15) is 0 Å². The summed E-state index contributed by atoms with van der Waals surface area (Å²) in [5.41, 5.74) is 1.11. The first-order valence-electron chi connectivity index (χ1n) is 6.76. The van der Waals surface area contributed by atoms with Crippen LogP contribution in [0.5, 0.6) is 0 Å². The summed E-state index contributed by atoms with van der Waals surface area (Å²) in [5, 5.41) is 13.4. The predicted molar refractivity (Wildman–Crippen MR) is 77.3 cm³/mol. The molecule has 1 aromatic carbocycles. The topological polar surface area (TPSA) is 71.7 Å². The summed E-state index contributed by atoms with van der Waals surface area (Å²) in [6, 6.07) is 13.1. The van der Waals surface area contributed by atoms with Gasteiger partial charge in [-0.15, -0.1) is 0 Å². The number of furan rings is 1. The zero-order chi connectivity index (χ0) is 15.1. The number of hydrogen-bond acceptors (Lipinski definition) is 5. The Hall–Kier alpha value is -2.11. The van der Waals surface area contributed by atoms with Crippen LogP contribution in [-0.2, 0) is 16.1 Å². The molecule has 0 unspecified atom stereocenters. The van der Waals surface area contributed by atoms with Gasteiger partial charge in [-0.3, -0.25) is 4.79 Å². The fourth-order valence-corrected chi connectivity index (χ4v) is 2.10. The van der Waals surface area contributed by atoms with E-state index in [1.165, 1.54) is 13.4 Å². The largest absolute Gasteiger partial charge is 0.469 e. The Morgan fingerprint density at radius 2 is 2.05 bits per heavy atom. The van der Waals surface area contributed by atoms with Gasteiger partial charge in [0.25, 0.3) is 0 Å². The number of benzene rings is 1. The van der Waals surface area contributed by atoms with Crippen molar-refractivity contribution in [2.75, 3.05) is 13.7 Å². The fourth-order valence-electron chi connectivity index (χ4n) is 2.10. The molecule has 2 N–H and O–H groups in total. The van der Waals surface area contributed by atoms with Crippen LogP contribution >= 0.6 is 0 Å². The number of nitrogens with one attached hydrogen (secondary N) is 1. The standard InChI is InChI=1S/C16H19NO4/c1-20-16(19)13(15(18)14-8-5-9-21-14)11-17-10-12-6-3-2-4-7-12/h2-9,13,15,17-18H,10-11H2,1H3/t13-,15+/m1/s1. The average molecular weight is 289 g/mol. The van der Waals surface area contributed by atoms with E-state index in [9.17, 15) is 9.90 Å². The maximum atomic E-state index is 11.8. The highest BCUT2D eigenvalue weighted by Crippen LogP contribution is 2.23. The highest BCUT2D eigenvalue weighted by molar-refractivity contribution is 5.73. The number of methoxy groups -OCH3 is 1. The van der Waals surface area contributed by atoms with Crippen molar-refractivity contribution in [1.82, 2.24) is 5.32 Å². The van der Waals surface area contributed by atoms with Gasteiger partial charge in [-0.05, 0) is 17.7 Å². The number of aliphatic hydroxyl groups excluding tert-OH is 1. The Bertz CT molecular complexity index is 539. The van der Waals surface area contributed by atoms with Crippen LogP contribution < -0.4 is 5.32 Å². The highest BCUT2D eigenvalue weighted by atomic mass is 16.5. The fraction of sp³-hybridized carbons (Fsp3) is 0.312. The molecule has 0 spiro atoms. The number of esters is 1. The SMILES string of the molecule is COC(=O)[C@H](CNCc1ccccc1)[C@H](O)c1ccco1. The molecular weight excluding hydrogens is 270 g/mol. The Morgan fingerprint density at radius 3 is 2.67 bits per heavy atom. The van der Waals surface area contributed by atoms with E-state index in [0.29, 0.717) is 18.8 Å². The van der Waals surface area contributed by atoms with Gasteiger partial charge in [0.1, 0.15) is 17.8 Å². The normalized spacial score (nSPS) is 13.6. The molecule has 2 rings (SSSR count). The van der Waals surface area contributed by atoms with Crippen molar-refractivity contribution in [2.24, 2.45) is 5.92 Å². The Balaban J connectivity index is 1.95. The lowest BCUT2D eigenvalue weighted by molar-refractivity contribution is -0.150. The van der Waals surface area contributed by atoms with E-state index in [1.54, 1.807) is 12.1 Å². The van der Waals surface area contributed by atoms with Gasteiger partial charge in [0.15, 0.2) is 0 Å². The molecule has 0 saturated carbocycles. The van der Waals surface area contributed by atoms with Crippen LogP contribution in [0.25, 0.3) is 0 Å². The van der Waals surface area contributed by atoms with Crippen LogP contribution in [0.4, 0.5) is 0 Å². The maximum Gasteiger partial charge on any atom is 0.313 e. The van der Waals surface area contributed by atoms with Gasteiger partial charge in [-0.1, -0.05) is 30.3 Å². The Morgan fingerprint density at radius 1 is 1.29 bits per heavy atom. The molecule has 0 fully saturated rings. The minimum Gasteiger partial charge on any atom is -0.469 e. The van der Waals surface area contributed by atoms with Crippen LogP contribution in [0.15, 0.2) is 53.1 Å². The molecule has 1 heterocycles. The summed E-state index contributed by atoms with van der Waals surface area (Å²) >= 11 is 0. The minimum atomic E-state index is -1.03. The van der Waals surface area contributed by atoms with Crippen molar-refractivity contribution in [3.8, 4) is 0 Å². The Labute approximate surface area is 123 Å². The number of rotatable bonds is 7. The van der Waals surface area contributed by atoms with Crippen LogP contribution in [-0.4, -0.2) is 24.7 Å². The monoisotopic (exact) mass is 289 g/mol. The van der Waals surface area contributed by atoms with E-state index in [1.807, 2.05) is 30.3 Å². The second-order valence-corrected chi connectivity index (χ2v) is 4.71. The molecule has 0 aliphatic heterocycles. The Kier molecular flexibility index (Phi) is 5.54. The number of ether oxygens (including phenoxy) is 1.